The predicted molar refractivity (Wildman–Crippen MR) is 110 cm³/mol. The molecule has 0 saturated carbocycles. The molecule has 0 aliphatic carbocycles. The Kier molecular flexibility index (Phi) is 10.7. The highest BCUT2D eigenvalue weighted by molar-refractivity contribution is 5.95. The van der Waals surface area contributed by atoms with E-state index < -0.39 is 0 Å². The fourth-order valence-corrected chi connectivity index (χ4v) is 3.11. The third-order valence-electron chi connectivity index (χ3n) is 4.94. The van der Waals surface area contributed by atoms with Crippen LogP contribution in [0.15, 0.2) is 24.3 Å². The van der Waals surface area contributed by atoms with Crippen LogP contribution in [0.1, 0.15) is 79.1 Å². The second kappa shape index (κ2) is 12.5. The number of unbranched alkanes of at least 4 members (excludes halogenated alkanes) is 2. The van der Waals surface area contributed by atoms with E-state index in [1.165, 1.54) is 0 Å². The zero-order valence-corrected chi connectivity index (χ0v) is 16.9. The van der Waals surface area contributed by atoms with Crippen LogP contribution in [0, 0.1) is 11.8 Å². The van der Waals surface area contributed by atoms with Crippen LogP contribution in [0.2, 0.25) is 0 Å². The smallest absolute Gasteiger partial charge is 0.227 e. The zero-order chi connectivity index (χ0) is 19.4. The maximum Gasteiger partial charge on any atom is 0.227 e. The summed E-state index contributed by atoms with van der Waals surface area (Å²) >= 11 is 0. The molecule has 0 spiro atoms. The average molecular weight is 361 g/mol. The summed E-state index contributed by atoms with van der Waals surface area (Å²) in [4.78, 5) is 24.9. The standard InChI is InChI=1S/C22H36N2O2/c1-5-9-12-17(7-3)21(25)23-19-14-11-15-20(16-19)24-22(26)18(8-4)13-10-6-2/h11,14-18H,5-10,12-13H2,1-4H3,(H,23,25)(H,24,26)/t17-,18+. The first-order valence-electron chi connectivity index (χ1n) is 10.3. The minimum Gasteiger partial charge on any atom is -0.326 e. The minimum atomic E-state index is 0.0479. The topological polar surface area (TPSA) is 58.2 Å². The normalized spacial score (nSPS) is 13.1. The van der Waals surface area contributed by atoms with E-state index in [1.807, 2.05) is 24.3 Å². The second-order valence-corrected chi connectivity index (χ2v) is 7.05. The number of carbonyl (C=O) groups is 2. The molecule has 0 fully saturated rings. The van der Waals surface area contributed by atoms with Gasteiger partial charge in [0.1, 0.15) is 0 Å². The van der Waals surface area contributed by atoms with Crippen LogP contribution in [-0.4, -0.2) is 11.8 Å². The molecule has 0 heterocycles. The minimum absolute atomic E-state index is 0.0479. The van der Waals surface area contributed by atoms with Crippen LogP contribution in [0.3, 0.4) is 0 Å². The van der Waals surface area contributed by atoms with Crippen molar-refractivity contribution in [3.8, 4) is 0 Å². The zero-order valence-electron chi connectivity index (χ0n) is 16.9. The van der Waals surface area contributed by atoms with Crippen molar-refractivity contribution >= 4 is 23.2 Å². The first kappa shape index (κ1) is 22.2. The van der Waals surface area contributed by atoms with Gasteiger partial charge in [-0.1, -0.05) is 59.4 Å². The quantitative estimate of drug-likeness (QED) is 0.480. The molecule has 0 bridgehead atoms. The summed E-state index contributed by atoms with van der Waals surface area (Å²) in [5.41, 5.74) is 1.48. The Labute approximate surface area is 159 Å². The van der Waals surface area contributed by atoms with Gasteiger partial charge in [0.05, 0.1) is 0 Å². The van der Waals surface area contributed by atoms with Gasteiger partial charge in [-0.15, -0.1) is 0 Å². The van der Waals surface area contributed by atoms with E-state index in [1.54, 1.807) is 0 Å². The number of rotatable bonds is 12. The fourth-order valence-electron chi connectivity index (χ4n) is 3.11. The summed E-state index contributed by atoms with van der Waals surface area (Å²) in [6, 6.07) is 7.45. The van der Waals surface area contributed by atoms with Gasteiger partial charge < -0.3 is 10.6 Å². The van der Waals surface area contributed by atoms with E-state index in [-0.39, 0.29) is 23.7 Å². The average Bonchev–Trinajstić information content (AvgIpc) is 2.63. The molecule has 0 aromatic heterocycles. The van der Waals surface area contributed by atoms with Crippen LogP contribution >= 0.6 is 0 Å². The third kappa shape index (κ3) is 7.59. The molecule has 26 heavy (non-hydrogen) atoms. The molecule has 2 N–H and O–H groups in total. The van der Waals surface area contributed by atoms with Crippen molar-refractivity contribution in [2.24, 2.45) is 11.8 Å². The van der Waals surface area contributed by atoms with E-state index in [4.69, 9.17) is 0 Å². The van der Waals surface area contributed by atoms with E-state index >= 15 is 0 Å². The Morgan fingerprint density at radius 3 is 1.58 bits per heavy atom. The van der Waals surface area contributed by atoms with Crippen molar-refractivity contribution in [1.82, 2.24) is 0 Å². The SMILES string of the molecule is CCCC[C@@H](CC)C(=O)Nc1cccc(NC(=O)[C@@H](CC)CCCC)c1. The molecular formula is C22H36N2O2. The Hall–Kier alpha value is -1.84. The Balaban J connectivity index is 2.69. The third-order valence-corrected chi connectivity index (χ3v) is 4.94. The number of benzene rings is 1. The molecule has 146 valence electrons. The first-order valence-corrected chi connectivity index (χ1v) is 10.3. The van der Waals surface area contributed by atoms with Gasteiger partial charge in [0, 0.05) is 23.2 Å². The second-order valence-electron chi connectivity index (χ2n) is 7.05. The highest BCUT2D eigenvalue weighted by Crippen LogP contribution is 2.21. The highest BCUT2D eigenvalue weighted by Gasteiger charge is 2.17. The van der Waals surface area contributed by atoms with Gasteiger partial charge >= 0.3 is 0 Å². The maximum atomic E-state index is 12.5. The summed E-state index contributed by atoms with van der Waals surface area (Å²) in [5.74, 6) is 0.232. The molecule has 4 nitrogen and oxygen atoms in total. The summed E-state index contributed by atoms with van der Waals surface area (Å²) < 4.78 is 0. The molecular weight excluding hydrogens is 324 g/mol. The van der Waals surface area contributed by atoms with Crippen molar-refractivity contribution in [1.29, 1.82) is 0 Å². The maximum absolute atomic E-state index is 12.5. The lowest BCUT2D eigenvalue weighted by Crippen LogP contribution is -2.23. The molecule has 2 atom stereocenters. The van der Waals surface area contributed by atoms with Crippen molar-refractivity contribution in [3.05, 3.63) is 24.3 Å². The molecule has 0 aliphatic rings. The van der Waals surface area contributed by atoms with Gasteiger partial charge in [0.2, 0.25) is 11.8 Å². The summed E-state index contributed by atoms with van der Waals surface area (Å²) in [7, 11) is 0. The summed E-state index contributed by atoms with van der Waals surface area (Å²) in [6.45, 7) is 8.39. The number of amides is 2. The van der Waals surface area contributed by atoms with Gasteiger partial charge in [0.15, 0.2) is 0 Å². The van der Waals surface area contributed by atoms with E-state index in [2.05, 4.69) is 38.3 Å². The molecule has 1 rings (SSSR count). The molecule has 0 unspecified atom stereocenters. The van der Waals surface area contributed by atoms with Gasteiger partial charge in [-0.05, 0) is 43.9 Å². The van der Waals surface area contributed by atoms with Crippen LogP contribution < -0.4 is 10.6 Å². The van der Waals surface area contributed by atoms with Crippen molar-refractivity contribution < 1.29 is 9.59 Å². The lowest BCUT2D eigenvalue weighted by molar-refractivity contribution is -0.120. The largest absolute Gasteiger partial charge is 0.326 e. The Morgan fingerprint density at radius 2 is 1.23 bits per heavy atom. The molecule has 1 aromatic rings. The number of carbonyl (C=O) groups excluding carboxylic acids is 2. The number of anilines is 2. The van der Waals surface area contributed by atoms with Gasteiger partial charge in [0.25, 0.3) is 0 Å². The molecule has 0 saturated heterocycles. The molecule has 0 aliphatic heterocycles. The van der Waals surface area contributed by atoms with Crippen molar-refractivity contribution in [3.63, 3.8) is 0 Å². The fraction of sp³-hybridized carbons (Fsp3) is 0.636. The predicted octanol–water partition coefficient (Wildman–Crippen LogP) is 6.00. The van der Waals surface area contributed by atoms with Gasteiger partial charge in [-0.25, -0.2) is 0 Å². The van der Waals surface area contributed by atoms with Crippen molar-refractivity contribution in [2.45, 2.75) is 79.1 Å². The van der Waals surface area contributed by atoms with Gasteiger partial charge in [-0.3, -0.25) is 9.59 Å². The number of hydrogen-bond donors (Lipinski definition) is 2. The van der Waals surface area contributed by atoms with Crippen LogP contribution in [0.5, 0.6) is 0 Å². The molecule has 0 radical (unpaired) electrons. The molecule has 2 amide bonds. The number of hydrogen-bond acceptors (Lipinski definition) is 2. The Morgan fingerprint density at radius 1 is 0.808 bits per heavy atom. The summed E-state index contributed by atoms with van der Waals surface area (Å²) in [5, 5.41) is 6.01. The van der Waals surface area contributed by atoms with Crippen LogP contribution in [0.25, 0.3) is 0 Å². The highest BCUT2D eigenvalue weighted by atomic mass is 16.2. The molecule has 4 heteroatoms. The van der Waals surface area contributed by atoms with E-state index in [0.717, 1.165) is 62.7 Å². The Bertz CT molecular complexity index is 512. The van der Waals surface area contributed by atoms with Crippen molar-refractivity contribution in [2.75, 3.05) is 10.6 Å². The molecule has 1 aromatic carbocycles. The monoisotopic (exact) mass is 360 g/mol. The lowest BCUT2D eigenvalue weighted by atomic mass is 9.98. The van der Waals surface area contributed by atoms with Crippen LogP contribution in [-0.2, 0) is 9.59 Å². The number of nitrogens with one attached hydrogen (secondary N) is 2. The first-order chi connectivity index (χ1) is 12.5. The van der Waals surface area contributed by atoms with Crippen LogP contribution in [0.4, 0.5) is 11.4 Å². The lowest BCUT2D eigenvalue weighted by Gasteiger charge is -2.17. The van der Waals surface area contributed by atoms with E-state index in [0.29, 0.717) is 0 Å². The van der Waals surface area contributed by atoms with Gasteiger partial charge in [-0.2, -0.15) is 0 Å². The van der Waals surface area contributed by atoms with E-state index in [9.17, 15) is 9.59 Å². The summed E-state index contributed by atoms with van der Waals surface area (Å²) in [6.07, 6.45) is 7.87.